The summed E-state index contributed by atoms with van der Waals surface area (Å²) in [7, 11) is 0.683. The number of rotatable bonds is 4. The first-order valence-corrected chi connectivity index (χ1v) is 12.8. The maximum atomic E-state index is 13.9. The summed E-state index contributed by atoms with van der Waals surface area (Å²) < 4.78 is 26.5. The van der Waals surface area contributed by atoms with Crippen LogP contribution in [0.2, 0.25) is 5.02 Å². The lowest BCUT2D eigenvalue weighted by molar-refractivity contribution is -0.132. The number of aryl methyl sites for hydroxylation is 1. The number of nitrogens with zero attached hydrogens (tertiary/aromatic N) is 5. The largest absolute Gasteiger partial charge is 0.368 e. The number of fused-ring (bicyclic) bond motifs is 1. The monoisotopic (exact) mass is 492 g/mol. The molecule has 0 saturated carbocycles. The third kappa shape index (κ3) is 4.50. The van der Waals surface area contributed by atoms with Crippen molar-refractivity contribution in [2.45, 2.75) is 30.2 Å². The SMILES string of the molecule is CN1CC(Nc2nc(N3CCN(c4ccc(Cl)c(F)c4)CC3)nc3c2[S@@](=O)CC3)CCC1=O. The van der Waals surface area contributed by atoms with Gasteiger partial charge in [-0.25, -0.2) is 9.37 Å². The predicted octanol–water partition coefficient (Wildman–Crippen LogP) is 2.29. The zero-order valence-corrected chi connectivity index (χ0v) is 20.0. The molecule has 0 radical (unpaired) electrons. The van der Waals surface area contributed by atoms with Gasteiger partial charge < -0.3 is 20.0 Å². The minimum Gasteiger partial charge on any atom is -0.368 e. The molecular weight excluding hydrogens is 467 g/mol. The number of carbonyl (C=O) groups is 1. The van der Waals surface area contributed by atoms with Gasteiger partial charge in [0.25, 0.3) is 0 Å². The van der Waals surface area contributed by atoms with Crippen LogP contribution in [0.15, 0.2) is 23.1 Å². The minimum atomic E-state index is -1.12. The topological polar surface area (TPSA) is 81.7 Å². The van der Waals surface area contributed by atoms with Crippen LogP contribution in [0.5, 0.6) is 0 Å². The fraction of sp³-hybridized carbons (Fsp3) is 0.500. The molecule has 176 valence electrons. The molecule has 2 aromatic rings. The second-order valence-electron chi connectivity index (χ2n) is 8.67. The number of piperidine rings is 1. The zero-order valence-electron chi connectivity index (χ0n) is 18.4. The third-order valence-corrected chi connectivity index (χ3v) is 8.24. The van der Waals surface area contributed by atoms with E-state index in [2.05, 4.69) is 15.1 Å². The van der Waals surface area contributed by atoms with Gasteiger partial charge in [-0.3, -0.25) is 9.00 Å². The summed E-state index contributed by atoms with van der Waals surface area (Å²) in [5, 5.41) is 3.58. The number of nitrogens with one attached hydrogen (secondary N) is 1. The molecule has 8 nitrogen and oxygen atoms in total. The molecule has 5 rings (SSSR count). The Morgan fingerprint density at radius 2 is 1.91 bits per heavy atom. The summed E-state index contributed by atoms with van der Waals surface area (Å²) in [5.74, 6) is 1.53. The number of carbonyl (C=O) groups excluding carboxylic acids is 1. The number of benzene rings is 1. The Balaban J connectivity index is 1.34. The zero-order chi connectivity index (χ0) is 23.1. The molecule has 1 unspecified atom stereocenters. The van der Waals surface area contributed by atoms with Gasteiger partial charge in [-0.1, -0.05) is 11.6 Å². The van der Waals surface area contributed by atoms with Crippen molar-refractivity contribution in [3.8, 4) is 0 Å². The standard InChI is InChI=1S/C22H26ClFN6O2S/c1-28-13-14(2-5-19(28)31)25-21-20-18(6-11-33(20)32)26-22(27-21)30-9-7-29(8-10-30)15-3-4-16(23)17(24)12-15/h3-4,12,14H,2,5-11,13H2,1H3,(H,25,26,27)/t14?,33-/m0/s1. The van der Waals surface area contributed by atoms with Gasteiger partial charge in [0, 0.05) is 70.1 Å². The first-order valence-electron chi connectivity index (χ1n) is 11.1. The molecule has 4 heterocycles. The first kappa shape index (κ1) is 22.3. The van der Waals surface area contributed by atoms with Gasteiger partial charge in [-0.05, 0) is 24.6 Å². The van der Waals surface area contributed by atoms with Crippen LogP contribution in [-0.4, -0.2) is 76.6 Å². The fourth-order valence-corrected chi connectivity index (χ4v) is 6.02. The summed E-state index contributed by atoms with van der Waals surface area (Å²) in [6, 6.07) is 4.94. The Kier molecular flexibility index (Phi) is 6.13. The van der Waals surface area contributed by atoms with Crippen molar-refractivity contribution in [2.75, 3.05) is 60.6 Å². The van der Waals surface area contributed by atoms with Crippen LogP contribution >= 0.6 is 11.6 Å². The van der Waals surface area contributed by atoms with Crippen LogP contribution in [0.1, 0.15) is 18.5 Å². The summed E-state index contributed by atoms with van der Waals surface area (Å²) in [4.78, 5) is 28.0. The van der Waals surface area contributed by atoms with Gasteiger partial charge in [0.05, 0.1) is 21.5 Å². The smallest absolute Gasteiger partial charge is 0.227 e. The number of hydrogen-bond acceptors (Lipinski definition) is 7. The third-order valence-electron chi connectivity index (χ3n) is 6.47. The highest BCUT2D eigenvalue weighted by Gasteiger charge is 2.31. The van der Waals surface area contributed by atoms with Crippen molar-refractivity contribution in [1.29, 1.82) is 0 Å². The van der Waals surface area contributed by atoms with Crippen molar-refractivity contribution in [3.05, 3.63) is 34.7 Å². The number of aromatic nitrogens is 2. The first-order chi connectivity index (χ1) is 15.9. The number of anilines is 3. The molecule has 0 aliphatic carbocycles. The van der Waals surface area contributed by atoms with E-state index in [1.807, 2.05) is 6.07 Å². The average molecular weight is 493 g/mol. The highest BCUT2D eigenvalue weighted by Crippen LogP contribution is 2.32. The van der Waals surface area contributed by atoms with E-state index in [0.29, 0.717) is 68.0 Å². The summed E-state index contributed by atoms with van der Waals surface area (Å²) in [5.41, 5.74) is 1.64. The van der Waals surface area contributed by atoms with Gasteiger partial charge >= 0.3 is 0 Å². The molecule has 2 saturated heterocycles. The molecule has 1 aromatic heterocycles. The molecule has 0 bridgehead atoms. The van der Waals surface area contributed by atoms with Crippen molar-refractivity contribution in [2.24, 2.45) is 0 Å². The van der Waals surface area contributed by atoms with Crippen LogP contribution in [0.25, 0.3) is 0 Å². The molecule has 1 aromatic carbocycles. The Morgan fingerprint density at radius 1 is 1.15 bits per heavy atom. The summed E-state index contributed by atoms with van der Waals surface area (Å²) in [6.45, 7) is 3.37. The molecule has 33 heavy (non-hydrogen) atoms. The second-order valence-corrected chi connectivity index (χ2v) is 10.6. The van der Waals surface area contributed by atoms with Crippen molar-refractivity contribution >= 4 is 45.8 Å². The van der Waals surface area contributed by atoms with E-state index in [4.69, 9.17) is 21.6 Å². The maximum absolute atomic E-state index is 13.9. The number of halogens is 2. The molecule has 3 aliphatic rings. The Morgan fingerprint density at radius 3 is 2.64 bits per heavy atom. The maximum Gasteiger partial charge on any atom is 0.227 e. The van der Waals surface area contributed by atoms with Crippen LogP contribution in [0.4, 0.5) is 21.8 Å². The quantitative estimate of drug-likeness (QED) is 0.701. The van der Waals surface area contributed by atoms with Gasteiger partial charge in [0.1, 0.15) is 16.5 Å². The highest BCUT2D eigenvalue weighted by molar-refractivity contribution is 7.85. The van der Waals surface area contributed by atoms with E-state index in [9.17, 15) is 13.4 Å². The molecule has 2 fully saturated rings. The van der Waals surface area contributed by atoms with Crippen molar-refractivity contribution in [1.82, 2.24) is 14.9 Å². The van der Waals surface area contributed by atoms with Gasteiger partial charge in [-0.15, -0.1) is 0 Å². The van der Waals surface area contributed by atoms with Crippen molar-refractivity contribution < 1.29 is 13.4 Å². The number of likely N-dealkylation sites (tertiary alicyclic amines) is 1. The molecule has 11 heteroatoms. The van der Waals surface area contributed by atoms with E-state index in [-0.39, 0.29) is 17.0 Å². The van der Waals surface area contributed by atoms with E-state index in [1.165, 1.54) is 6.07 Å². The van der Waals surface area contributed by atoms with Crippen LogP contribution in [0.3, 0.4) is 0 Å². The summed E-state index contributed by atoms with van der Waals surface area (Å²) in [6.07, 6.45) is 1.88. The number of likely N-dealkylation sites (N-methyl/N-ethyl adjacent to an activating group) is 1. The molecule has 0 spiro atoms. The lowest BCUT2D eigenvalue weighted by Crippen LogP contribution is -2.47. The normalized spacial score (nSPS) is 23.1. The lowest BCUT2D eigenvalue weighted by Gasteiger charge is -2.36. The van der Waals surface area contributed by atoms with Crippen LogP contribution in [-0.2, 0) is 22.0 Å². The molecular formula is C22H26ClFN6O2S. The fourth-order valence-electron chi connectivity index (χ4n) is 4.59. The van der Waals surface area contributed by atoms with E-state index >= 15 is 0 Å². The molecule has 1 amide bonds. The average Bonchev–Trinajstić information content (AvgIpc) is 3.19. The van der Waals surface area contributed by atoms with Gasteiger partial charge in [0.2, 0.25) is 11.9 Å². The van der Waals surface area contributed by atoms with E-state index in [0.717, 1.165) is 17.8 Å². The predicted molar refractivity (Wildman–Crippen MR) is 127 cm³/mol. The Hall–Kier alpha value is -2.46. The number of amides is 1. The lowest BCUT2D eigenvalue weighted by atomic mass is 10.1. The number of hydrogen-bond donors (Lipinski definition) is 1. The van der Waals surface area contributed by atoms with Crippen LogP contribution in [0, 0.1) is 5.82 Å². The van der Waals surface area contributed by atoms with Gasteiger partial charge in [-0.2, -0.15) is 4.98 Å². The van der Waals surface area contributed by atoms with Crippen molar-refractivity contribution in [3.63, 3.8) is 0 Å². The molecule has 1 N–H and O–H groups in total. The minimum absolute atomic E-state index is 0.0637. The van der Waals surface area contributed by atoms with Crippen LogP contribution < -0.4 is 15.1 Å². The highest BCUT2D eigenvalue weighted by atomic mass is 35.5. The molecule has 2 atom stereocenters. The van der Waals surface area contributed by atoms with E-state index < -0.39 is 16.6 Å². The molecule has 3 aliphatic heterocycles. The van der Waals surface area contributed by atoms with Gasteiger partial charge in [0.15, 0.2) is 0 Å². The van der Waals surface area contributed by atoms with E-state index in [1.54, 1.807) is 18.0 Å². The summed E-state index contributed by atoms with van der Waals surface area (Å²) >= 11 is 5.81. The Labute approximate surface area is 199 Å². The second kappa shape index (κ2) is 9.06. The number of piperazine rings is 1. The Bertz CT molecular complexity index is 1110.